The Labute approximate surface area is 159 Å². The first-order chi connectivity index (χ1) is 12.8. The van der Waals surface area contributed by atoms with Gasteiger partial charge >= 0.3 is 0 Å². The number of methoxy groups -OCH3 is 1. The van der Waals surface area contributed by atoms with E-state index in [9.17, 15) is 13.2 Å². The van der Waals surface area contributed by atoms with Crippen molar-refractivity contribution < 1.29 is 22.4 Å². The molecule has 1 amide bonds. The third kappa shape index (κ3) is 4.63. The minimum atomic E-state index is -3.20. The molecule has 146 valence electrons. The molecule has 0 spiro atoms. The molecule has 2 aromatic rings. The quantitative estimate of drug-likeness (QED) is 0.776. The molecule has 1 aliphatic heterocycles. The van der Waals surface area contributed by atoms with E-state index in [0.29, 0.717) is 19.6 Å². The highest BCUT2D eigenvalue weighted by atomic mass is 32.2. The van der Waals surface area contributed by atoms with Crippen LogP contribution in [0.4, 0.5) is 5.69 Å². The van der Waals surface area contributed by atoms with Gasteiger partial charge in [0.05, 0.1) is 7.11 Å². The number of anilines is 1. The topological polar surface area (TPSA) is 80.1 Å². The Morgan fingerprint density at radius 3 is 2.70 bits per heavy atom. The zero-order valence-corrected chi connectivity index (χ0v) is 16.5. The van der Waals surface area contributed by atoms with Crippen molar-refractivity contribution in [1.29, 1.82) is 0 Å². The normalized spacial score (nSPS) is 17.8. The minimum Gasteiger partial charge on any atom is -0.497 e. The van der Waals surface area contributed by atoms with Gasteiger partial charge in [-0.3, -0.25) is 4.79 Å². The zero-order valence-electron chi connectivity index (χ0n) is 15.7. The standard InChI is InChI=1S/C19H24N2O5S/c1-14-12-20(9-10-21(14)15-5-4-6-16(11-15)25-2)19(22)18-8-7-17(26-18)13-27(3,23)24/h4-8,11,14H,9-10,12-13H2,1-3H3. The summed E-state index contributed by atoms with van der Waals surface area (Å²) in [4.78, 5) is 16.7. The number of carbonyl (C=O) groups is 1. The monoisotopic (exact) mass is 392 g/mol. The van der Waals surface area contributed by atoms with Crippen LogP contribution in [0.15, 0.2) is 40.8 Å². The SMILES string of the molecule is COc1cccc(N2CCN(C(=O)c3ccc(CS(C)(=O)=O)o3)CC2C)c1. The highest BCUT2D eigenvalue weighted by Gasteiger charge is 2.29. The van der Waals surface area contributed by atoms with Crippen molar-refractivity contribution in [1.82, 2.24) is 4.90 Å². The number of piperazine rings is 1. The Hall–Kier alpha value is -2.48. The molecule has 1 saturated heterocycles. The number of amides is 1. The second-order valence-corrected chi connectivity index (χ2v) is 8.97. The van der Waals surface area contributed by atoms with Crippen molar-refractivity contribution in [2.75, 3.05) is 37.9 Å². The summed E-state index contributed by atoms with van der Waals surface area (Å²) in [7, 11) is -1.56. The van der Waals surface area contributed by atoms with Crippen molar-refractivity contribution in [3.63, 3.8) is 0 Å². The maximum Gasteiger partial charge on any atom is 0.289 e. The highest BCUT2D eigenvalue weighted by molar-refractivity contribution is 7.89. The Morgan fingerprint density at radius 1 is 1.26 bits per heavy atom. The summed E-state index contributed by atoms with van der Waals surface area (Å²) >= 11 is 0. The Balaban J connectivity index is 1.67. The molecule has 1 atom stereocenters. The van der Waals surface area contributed by atoms with Crippen molar-refractivity contribution in [3.05, 3.63) is 47.9 Å². The van der Waals surface area contributed by atoms with E-state index in [1.807, 2.05) is 24.3 Å². The van der Waals surface area contributed by atoms with Crippen molar-refractivity contribution in [2.24, 2.45) is 0 Å². The van der Waals surface area contributed by atoms with Gasteiger partial charge in [-0.15, -0.1) is 0 Å². The molecule has 1 unspecified atom stereocenters. The van der Waals surface area contributed by atoms with Crippen LogP contribution < -0.4 is 9.64 Å². The van der Waals surface area contributed by atoms with E-state index >= 15 is 0 Å². The van der Waals surface area contributed by atoms with Gasteiger partial charge in [0.2, 0.25) is 0 Å². The summed E-state index contributed by atoms with van der Waals surface area (Å²) in [6.07, 6.45) is 1.14. The predicted octanol–water partition coefficient (Wildman–Crippen LogP) is 2.18. The lowest BCUT2D eigenvalue weighted by molar-refractivity contribution is 0.0692. The van der Waals surface area contributed by atoms with Crippen LogP contribution in [0.25, 0.3) is 0 Å². The Kier molecular flexibility index (Phi) is 5.46. The second-order valence-electron chi connectivity index (χ2n) is 6.83. The number of furan rings is 1. The van der Waals surface area contributed by atoms with Gasteiger partial charge in [-0.1, -0.05) is 6.07 Å². The van der Waals surface area contributed by atoms with Crippen LogP contribution in [-0.4, -0.2) is 58.3 Å². The number of nitrogens with zero attached hydrogens (tertiary/aromatic N) is 2. The van der Waals surface area contributed by atoms with Gasteiger partial charge in [-0.25, -0.2) is 8.42 Å². The average Bonchev–Trinajstić information content (AvgIpc) is 3.07. The molecule has 0 radical (unpaired) electrons. The summed E-state index contributed by atoms with van der Waals surface area (Å²) < 4.78 is 33.5. The lowest BCUT2D eigenvalue weighted by Crippen LogP contribution is -2.53. The van der Waals surface area contributed by atoms with Crippen LogP contribution in [0.2, 0.25) is 0 Å². The van der Waals surface area contributed by atoms with E-state index in [0.717, 1.165) is 17.7 Å². The van der Waals surface area contributed by atoms with Gasteiger partial charge in [0, 0.05) is 43.7 Å². The fourth-order valence-electron chi connectivity index (χ4n) is 3.30. The average molecular weight is 392 g/mol. The van der Waals surface area contributed by atoms with Crippen LogP contribution in [0.5, 0.6) is 5.75 Å². The fourth-order valence-corrected chi connectivity index (χ4v) is 3.97. The van der Waals surface area contributed by atoms with Crippen LogP contribution in [-0.2, 0) is 15.6 Å². The van der Waals surface area contributed by atoms with Crippen LogP contribution in [0.1, 0.15) is 23.2 Å². The minimum absolute atomic E-state index is 0.125. The first-order valence-corrected chi connectivity index (χ1v) is 10.8. The predicted molar refractivity (Wildman–Crippen MR) is 103 cm³/mol. The van der Waals surface area contributed by atoms with E-state index < -0.39 is 9.84 Å². The lowest BCUT2D eigenvalue weighted by Gasteiger charge is -2.41. The number of sulfone groups is 1. The molecule has 0 bridgehead atoms. The van der Waals surface area contributed by atoms with E-state index in [1.165, 1.54) is 0 Å². The van der Waals surface area contributed by atoms with Gasteiger partial charge in [0.25, 0.3) is 5.91 Å². The molecule has 0 saturated carbocycles. The molecular formula is C19H24N2O5S. The molecule has 8 heteroatoms. The first-order valence-electron chi connectivity index (χ1n) is 8.73. The third-order valence-corrected chi connectivity index (χ3v) is 5.39. The van der Waals surface area contributed by atoms with E-state index in [1.54, 1.807) is 24.1 Å². The van der Waals surface area contributed by atoms with Gasteiger partial charge < -0.3 is 19.0 Å². The van der Waals surface area contributed by atoms with E-state index in [4.69, 9.17) is 9.15 Å². The number of carbonyl (C=O) groups excluding carboxylic acids is 1. The van der Waals surface area contributed by atoms with Crippen LogP contribution in [0, 0.1) is 0 Å². The van der Waals surface area contributed by atoms with Crippen molar-refractivity contribution in [2.45, 2.75) is 18.7 Å². The molecule has 1 fully saturated rings. The molecule has 0 N–H and O–H groups in total. The van der Waals surface area contributed by atoms with Gasteiger partial charge in [-0.05, 0) is 31.2 Å². The molecule has 0 aliphatic carbocycles. The van der Waals surface area contributed by atoms with Gasteiger partial charge in [-0.2, -0.15) is 0 Å². The number of rotatable bonds is 5. The molecule has 1 aromatic heterocycles. The van der Waals surface area contributed by atoms with E-state index in [-0.39, 0.29) is 29.2 Å². The summed E-state index contributed by atoms with van der Waals surface area (Å²) in [5.41, 5.74) is 1.06. The number of ether oxygens (including phenoxy) is 1. The fraction of sp³-hybridized carbons (Fsp3) is 0.421. The largest absolute Gasteiger partial charge is 0.497 e. The second kappa shape index (κ2) is 7.64. The number of benzene rings is 1. The highest BCUT2D eigenvalue weighted by Crippen LogP contribution is 2.25. The van der Waals surface area contributed by atoms with Crippen molar-refractivity contribution >= 4 is 21.4 Å². The number of hydrogen-bond donors (Lipinski definition) is 0. The third-order valence-electron chi connectivity index (χ3n) is 4.58. The molecule has 1 aromatic carbocycles. The van der Waals surface area contributed by atoms with Gasteiger partial charge in [0.1, 0.15) is 17.3 Å². The molecule has 3 rings (SSSR count). The summed E-state index contributed by atoms with van der Waals surface area (Å²) in [5.74, 6) is 0.832. The maximum absolute atomic E-state index is 12.7. The summed E-state index contributed by atoms with van der Waals surface area (Å²) in [6.45, 7) is 3.87. The first kappa shape index (κ1) is 19.3. The van der Waals surface area contributed by atoms with Crippen LogP contribution >= 0.6 is 0 Å². The molecule has 27 heavy (non-hydrogen) atoms. The Bertz CT molecular complexity index is 922. The van der Waals surface area contributed by atoms with Gasteiger partial charge in [0.15, 0.2) is 15.6 Å². The zero-order chi connectivity index (χ0) is 19.6. The van der Waals surface area contributed by atoms with Crippen LogP contribution in [0.3, 0.4) is 0 Å². The number of hydrogen-bond acceptors (Lipinski definition) is 6. The lowest BCUT2D eigenvalue weighted by atomic mass is 10.1. The van der Waals surface area contributed by atoms with Crippen molar-refractivity contribution in [3.8, 4) is 5.75 Å². The summed E-state index contributed by atoms with van der Waals surface area (Å²) in [6, 6.07) is 11.1. The molecular weight excluding hydrogens is 368 g/mol. The maximum atomic E-state index is 12.7. The molecule has 1 aliphatic rings. The molecule has 2 heterocycles. The van der Waals surface area contributed by atoms with E-state index in [2.05, 4.69) is 11.8 Å². The smallest absolute Gasteiger partial charge is 0.289 e. The molecule has 7 nitrogen and oxygen atoms in total. The summed E-state index contributed by atoms with van der Waals surface area (Å²) in [5, 5.41) is 0. The Morgan fingerprint density at radius 2 is 2.04 bits per heavy atom.